The first-order valence-electron chi connectivity index (χ1n) is 10.8. The third kappa shape index (κ3) is 4.21. The minimum absolute atomic E-state index is 0.125. The fraction of sp³-hybridized carbons (Fsp3) is 0.524. The van der Waals surface area contributed by atoms with Crippen molar-refractivity contribution in [3.8, 4) is 6.01 Å². The third-order valence-electron chi connectivity index (χ3n) is 6.36. The van der Waals surface area contributed by atoms with Crippen molar-refractivity contribution in [3.05, 3.63) is 36.0 Å². The molecule has 12 heteroatoms. The average molecular weight is 461 g/mol. The quantitative estimate of drug-likeness (QED) is 0.694. The molecule has 0 N–H and O–H groups in total. The first-order chi connectivity index (χ1) is 15.8. The van der Waals surface area contributed by atoms with Gasteiger partial charge < -0.3 is 9.64 Å². The highest BCUT2D eigenvalue weighted by molar-refractivity contribution is 6.03. The van der Waals surface area contributed by atoms with Crippen LogP contribution in [-0.2, 0) is 11.0 Å². The number of rotatable bonds is 4. The van der Waals surface area contributed by atoms with Gasteiger partial charge >= 0.3 is 12.2 Å². The molecule has 1 aliphatic carbocycles. The topological polar surface area (TPSA) is 98.4 Å². The van der Waals surface area contributed by atoms with E-state index < -0.39 is 17.8 Å². The summed E-state index contributed by atoms with van der Waals surface area (Å²) in [6.45, 7) is 2.46. The first kappa shape index (κ1) is 21.5. The van der Waals surface area contributed by atoms with Crippen LogP contribution in [0.3, 0.4) is 0 Å². The number of fused-ring (bicyclic) bond motifs is 3. The van der Waals surface area contributed by atoms with Gasteiger partial charge in [-0.1, -0.05) is 0 Å². The smallest absolute Gasteiger partial charge is 0.419 e. The fourth-order valence-corrected chi connectivity index (χ4v) is 4.74. The molecular weight excluding hydrogens is 439 g/mol. The summed E-state index contributed by atoms with van der Waals surface area (Å²) in [5.74, 6) is 0.0108. The van der Waals surface area contributed by atoms with E-state index in [0.717, 1.165) is 25.0 Å². The number of piperidine rings is 2. The monoisotopic (exact) mass is 461 g/mol. The van der Waals surface area contributed by atoms with Crippen LogP contribution < -0.4 is 4.74 Å². The number of allylic oxidation sites excluding steroid dienone is 1. The molecule has 174 valence electrons. The second kappa shape index (κ2) is 8.23. The molecule has 2 bridgehead atoms. The Hall–Kier alpha value is -3.31. The number of carbonyl (C=O) groups is 1. The Morgan fingerprint density at radius 2 is 1.85 bits per heavy atom. The van der Waals surface area contributed by atoms with Crippen LogP contribution >= 0.6 is 0 Å². The lowest BCUT2D eigenvalue weighted by Gasteiger charge is -2.49. The molecule has 5 heterocycles. The minimum Gasteiger partial charge on any atom is -0.458 e. The van der Waals surface area contributed by atoms with Gasteiger partial charge in [0.1, 0.15) is 6.10 Å². The molecule has 3 fully saturated rings. The van der Waals surface area contributed by atoms with E-state index in [9.17, 15) is 18.0 Å². The highest BCUT2D eigenvalue weighted by Crippen LogP contribution is 2.39. The molecule has 3 atom stereocenters. The van der Waals surface area contributed by atoms with Gasteiger partial charge in [0, 0.05) is 24.7 Å². The number of hydrogen-bond donors (Lipinski definition) is 0. The molecule has 2 saturated heterocycles. The highest BCUT2D eigenvalue weighted by Gasteiger charge is 2.46. The molecule has 3 aliphatic heterocycles. The Labute approximate surface area is 187 Å². The number of aliphatic imine (C=N–C) groups is 1. The standard InChI is InChI=1S/C21H22F3N7O2/c1-12-2-4-16(31-27-6-7-28-31)18(29-12)19(32)30-11-13-3-5-15(30)17(8-13)33-20-25-9-14(10-26-20)21(22,23)24/h6-7,9-10,13,15,17H,2-5,8,11H2,1H3. The molecule has 1 amide bonds. The Bertz CT molecular complexity index is 1100. The van der Waals surface area contributed by atoms with E-state index in [1.807, 2.05) is 6.92 Å². The molecule has 0 aromatic carbocycles. The Morgan fingerprint density at radius 1 is 1.12 bits per heavy atom. The van der Waals surface area contributed by atoms with Gasteiger partial charge in [-0.3, -0.25) is 9.79 Å². The summed E-state index contributed by atoms with van der Waals surface area (Å²) >= 11 is 0. The summed E-state index contributed by atoms with van der Waals surface area (Å²) in [6, 6.07) is -0.370. The molecule has 4 aliphatic rings. The summed E-state index contributed by atoms with van der Waals surface area (Å²) in [5.41, 5.74) is 0.907. The largest absolute Gasteiger partial charge is 0.458 e. The van der Waals surface area contributed by atoms with E-state index in [-0.39, 0.29) is 23.9 Å². The third-order valence-corrected chi connectivity index (χ3v) is 6.36. The Balaban J connectivity index is 1.39. The lowest BCUT2D eigenvalue weighted by molar-refractivity contribution is -0.141. The average Bonchev–Trinajstić information content (AvgIpc) is 3.33. The summed E-state index contributed by atoms with van der Waals surface area (Å²) in [7, 11) is 0. The zero-order chi connectivity index (χ0) is 23.2. The zero-order valence-electron chi connectivity index (χ0n) is 17.9. The van der Waals surface area contributed by atoms with Crippen molar-refractivity contribution in [2.75, 3.05) is 6.54 Å². The van der Waals surface area contributed by atoms with E-state index >= 15 is 0 Å². The lowest BCUT2D eigenvalue weighted by atomic mass is 9.77. The SMILES string of the molecule is CC1=NC(C(=O)N2CC3CCC2C(Oc2ncc(C(F)(F)F)cn2)C3)=C(n2nccn2)CC1. The maximum Gasteiger partial charge on any atom is 0.419 e. The van der Waals surface area contributed by atoms with Gasteiger partial charge in [-0.2, -0.15) is 28.2 Å². The van der Waals surface area contributed by atoms with E-state index in [1.54, 1.807) is 17.3 Å². The number of alkyl halides is 3. The predicted octanol–water partition coefficient (Wildman–Crippen LogP) is 2.97. The molecule has 3 unspecified atom stereocenters. The normalized spacial score (nSPS) is 25.3. The van der Waals surface area contributed by atoms with Crippen molar-refractivity contribution in [2.45, 2.75) is 57.3 Å². The summed E-state index contributed by atoms with van der Waals surface area (Å²) in [6.07, 6.45) is 3.30. The number of hydrogen-bond acceptors (Lipinski definition) is 7. The summed E-state index contributed by atoms with van der Waals surface area (Å²) in [5, 5.41) is 8.34. The van der Waals surface area contributed by atoms with Crippen molar-refractivity contribution in [1.82, 2.24) is 29.9 Å². The molecule has 2 aromatic rings. The number of nitrogens with zero attached hydrogens (tertiary/aromatic N) is 7. The van der Waals surface area contributed by atoms with E-state index in [4.69, 9.17) is 4.74 Å². The van der Waals surface area contributed by atoms with Gasteiger partial charge in [0.15, 0.2) is 5.70 Å². The van der Waals surface area contributed by atoms with Crippen LogP contribution in [0.1, 0.15) is 44.6 Å². The zero-order valence-corrected chi connectivity index (χ0v) is 17.9. The van der Waals surface area contributed by atoms with Gasteiger partial charge in [-0.25, -0.2) is 9.97 Å². The van der Waals surface area contributed by atoms with Crippen LogP contribution in [0.2, 0.25) is 0 Å². The van der Waals surface area contributed by atoms with Crippen molar-refractivity contribution >= 4 is 17.3 Å². The molecule has 2 aromatic heterocycles. The number of amides is 1. The number of ether oxygens (including phenoxy) is 1. The van der Waals surface area contributed by atoms with Crippen LogP contribution in [-0.4, -0.2) is 60.2 Å². The Morgan fingerprint density at radius 3 is 2.52 bits per heavy atom. The maximum atomic E-state index is 13.6. The highest BCUT2D eigenvalue weighted by atomic mass is 19.4. The van der Waals surface area contributed by atoms with Gasteiger partial charge in [0.25, 0.3) is 5.91 Å². The molecule has 6 rings (SSSR count). The predicted molar refractivity (Wildman–Crippen MR) is 110 cm³/mol. The molecule has 9 nitrogen and oxygen atoms in total. The van der Waals surface area contributed by atoms with Crippen molar-refractivity contribution in [1.29, 1.82) is 0 Å². The number of aromatic nitrogens is 5. The molecule has 1 saturated carbocycles. The van der Waals surface area contributed by atoms with Gasteiger partial charge in [-0.15, -0.1) is 0 Å². The van der Waals surface area contributed by atoms with Crippen LogP contribution in [0.4, 0.5) is 13.2 Å². The van der Waals surface area contributed by atoms with Crippen molar-refractivity contribution in [3.63, 3.8) is 0 Å². The second-order valence-corrected chi connectivity index (χ2v) is 8.57. The molecule has 0 spiro atoms. The van der Waals surface area contributed by atoms with E-state index in [0.29, 0.717) is 43.2 Å². The minimum atomic E-state index is -4.51. The number of halogens is 3. The maximum absolute atomic E-state index is 13.6. The summed E-state index contributed by atoms with van der Waals surface area (Å²) in [4.78, 5) is 28.9. The van der Waals surface area contributed by atoms with Gasteiger partial charge in [0.2, 0.25) is 0 Å². The lowest BCUT2D eigenvalue weighted by Crippen LogP contribution is -2.59. The van der Waals surface area contributed by atoms with Crippen LogP contribution in [0.15, 0.2) is 35.5 Å². The van der Waals surface area contributed by atoms with Crippen LogP contribution in [0.5, 0.6) is 6.01 Å². The van der Waals surface area contributed by atoms with Crippen molar-refractivity contribution < 1.29 is 22.7 Å². The van der Waals surface area contributed by atoms with E-state index in [2.05, 4.69) is 25.2 Å². The first-order valence-corrected chi connectivity index (χ1v) is 10.8. The van der Waals surface area contributed by atoms with E-state index in [1.165, 1.54) is 4.80 Å². The van der Waals surface area contributed by atoms with Gasteiger partial charge in [-0.05, 0) is 44.9 Å². The van der Waals surface area contributed by atoms with Crippen LogP contribution in [0, 0.1) is 5.92 Å². The molecular formula is C21H22F3N7O2. The summed E-state index contributed by atoms with van der Waals surface area (Å²) < 4.78 is 44.2. The fourth-order valence-electron chi connectivity index (χ4n) is 4.74. The molecule has 0 radical (unpaired) electrons. The number of carbonyl (C=O) groups excluding carboxylic acids is 1. The second-order valence-electron chi connectivity index (χ2n) is 8.57. The molecule has 33 heavy (non-hydrogen) atoms. The van der Waals surface area contributed by atoms with Crippen molar-refractivity contribution in [2.24, 2.45) is 10.9 Å². The Kier molecular flexibility index (Phi) is 5.37. The van der Waals surface area contributed by atoms with Crippen LogP contribution in [0.25, 0.3) is 5.70 Å². The van der Waals surface area contributed by atoms with Gasteiger partial charge in [0.05, 0.1) is 29.7 Å².